The molecule has 4 rings (SSSR count). The smallest absolute Gasteiger partial charge is 0.247 e. The van der Waals surface area contributed by atoms with E-state index in [0.29, 0.717) is 33.9 Å². The molecule has 3 aromatic rings. The van der Waals surface area contributed by atoms with Gasteiger partial charge in [0.25, 0.3) is 0 Å². The van der Waals surface area contributed by atoms with Crippen molar-refractivity contribution in [3.63, 3.8) is 0 Å². The summed E-state index contributed by atoms with van der Waals surface area (Å²) in [6, 6.07) is 17.1. The molecule has 0 saturated carbocycles. The first kappa shape index (κ1) is 23.0. The molecular weight excluding hydrogens is 462 g/mol. The highest BCUT2D eigenvalue weighted by Gasteiger charge is 2.28. The second kappa shape index (κ2) is 9.35. The zero-order valence-corrected chi connectivity index (χ0v) is 19.3. The summed E-state index contributed by atoms with van der Waals surface area (Å²) >= 11 is 6.16. The fourth-order valence-electron chi connectivity index (χ4n) is 3.62. The molecule has 1 atom stereocenters. The molecule has 0 aliphatic carbocycles. The summed E-state index contributed by atoms with van der Waals surface area (Å²) in [5.41, 5.74) is 2.99. The minimum Gasteiger partial charge on any atom is -0.326 e. The van der Waals surface area contributed by atoms with Crippen LogP contribution < -0.4 is 15.4 Å². The maximum Gasteiger partial charge on any atom is 0.247 e. The molecular formula is C24H22ClN3O4S. The van der Waals surface area contributed by atoms with Gasteiger partial charge in [-0.2, -0.15) is 4.72 Å². The van der Waals surface area contributed by atoms with Crippen LogP contribution in [-0.2, 0) is 26.0 Å². The van der Waals surface area contributed by atoms with Crippen molar-refractivity contribution >= 4 is 44.8 Å². The van der Waals surface area contributed by atoms with E-state index in [-0.39, 0.29) is 17.2 Å². The number of nitrogens with one attached hydrogen (secondary N) is 3. The number of benzene rings is 3. The fourth-order valence-corrected chi connectivity index (χ4v) is 5.02. The third-order valence-electron chi connectivity index (χ3n) is 5.48. The van der Waals surface area contributed by atoms with Crippen molar-refractivity contribution in [1.82, 2.24) is 4.72 Å². The number of fused-ring (bicyclic) bond motifs is 1. The zero-order valence-electron chi connectivity index (χ0n) is 17.8. The minimum absolute atomic E-state index is 0.0186. The summed E-state index contributed by atoms with van der Waals surface area (Å²) < 4.78 is 29.0. The van der Waals surface area contributed by atoms with Crippen LogP contribution >= 0.6 is 11.6 Å². The van der Waals surface area contributed by atoms with Crippen LogP contribution in [0, 0.1) is 6.92 Å². The Labute approximate surface area is 197 Å². The number of halogens is 1. The molecule has 170 valence electrons. The van der Waals surface area contributed by atoms with Crippen LogP contribution in [0.5, 0.6) is 0 Å². The molecule has 0 bridgehead atoms. The van der Waals surface area contributed by atoms with E-state index in [4.69, 9.17) is 11.6 Å². The van der Waals surface area contributed by atoms with Crippen molar-refractivity contribution < 1.29 is 18.0 Å². The molecule has 0 fully saturated rings. The highest BCUT2D eigenvalue weighted by Crippen LogP contribution is 2.28. The second-order valence-electron chi connectivity index (χ2n) is 7.73. The summed E-state index contributed by atoms with van der Waals surface area (Å²) in [4.78, 5) is 24.8. The Balaban J connectivity index is 1.65. The molecule has 3 N–H and O–H groups in total. The van der Waals surface area contributed by atoms with Crippen molar-refractivity contribution in [3.05, 3.63) is 88.4 Å². The van der Waals surface area contributed by atoms with E-state index >= 15 is 0 Å². The third-order valence-corrected chi connectivity index (χ3v) is 7.31. The average Bonchev–Trinajstić information content (AvgIpc) is 2.80. The Kier molecular flexibility index (Phi) is 6.51. The monoisotopic (exact) mass is 483 g/mol. The van der Waals surface area contributed by atoms with Gasteiger partial charge in [0, 0.05) is 22.8 Å². The number of anilines is 2. The lowest BCUT2D eigenvalue weighted by Gasteiger charge is -2.21. The number of amides is 2. The Morgan fingerprint density at radius 3 is 2.55 bits per heavy atom. The lowest BCUT2D eigenvalue weighted by molar-refractivity contribution is -0.118. The van der Waals surface area contributed by atoms with Gasteiger partial charge in [0.2, 0.25) is 21.8 Å². The van der Waals surface area contributed by atoms with Crippen LogP contribution in [0.25, 0.3) is 0 Å². The Morgan fingerprint density at radius 1 is 1.03 bits per heavy atom. The Morgan fingerprint density at radius 2 is 1.79 bits per heavy atom. The number of aryl methyl sites for hydroxylation is 1. The van der Waals surface area contributed by atoms with Gasteiger partial charge in [0.05, 0.1) is 4.90 Å². The molecule has 2 amide bonds. The third kappa shape index (κ3) is 5.08. The number of hydrogen-bond acceptors (Lipinski definition) is 4. The molecule has 0 saturated heterocycles. The van der Waals surface area contributed by atoms with Gasteiger partial charge in [0.1, 0.15) is 6.04 Å². The van der Waals surface area contributed by atoms with Crippen molar-refractivity contribution in [1.29, 1.82) is 0 Å². The van der Waals surface area contributed by atoms with Gasteiger partial charge >= 0.3 is 0 Å². The first-order chi connectivity index (χ1) is 15.7. The van der Waals surface area contributed by atoms with Gasteiger partial charge in [-0.1, -0.05) is 48.0 Å². The van der Waals surface area contributed by atoms with Crippen LogP contribution in [-0.4, -0.2) is 20.2 Å². The fraction of sp³-hybridized carbons (Fsp3) is 0.167. The molecule has 0 spiro atoms. The predicted molar refractivity (Wildman–Crippen MR) is 128 cm³/mol. The average molecular weight is 484 g/mol. The second-order valence-corrected chi connectivity index (χ2v) is 9.85. The molecule has 1 aliphatic heterocycles. The lowest BCUT2D eigenvalue weighted by Crippen LogP contribution is -2.37. The van der Waals surface area contributed by atoms with Crippen molar-refractivity contribution in [2.45, 2.75) is 30.7 Å². The number of hydrogen-bond donors (Lipinski definition) is 3. The van der Waals surface area contributed by atoms with E-state index in [1.165, 1.54) is 12.1 Å². The summed E-state index contributed by atoms with van der Waals surface area (Å²) in [7, 11) is -4.06. The summed E-state index contributed by atoms with van der Waals surface area (Å²) in [6.45, 7) is 1.77. The van der Waals surface area contributed by atoms with Crippen LogP contribution in [0.2, 0.25) is 5.02 Å². The van der Waals surface area contributed by atoms with Gasteiger partial charge < -0.3 is 10.6 Å². The van der Waals surface area contributed by atoms with E-state index in [9.17, 15) is 18.0 Å². The van der Waals surface area contributed by atoms with E-state index in [0.717, 1.165) is 5.56 Å². The van der Waals surface area contributed by atoms with Crippen LogP contribution in [0.4, 0.5) is 11.4 Å². The molecule has 0 unspecified atom stereocenters. The van der Waals surface area contributed by atoms with Gasteiger partial charge in [-0.15, -0.1) is 0 Å². The molecule has 0 radical (unpaired) electrons. The number of rotatable bonds is 6. The number of sulfonamides is 1. The largest absolute Gasteiger partial charge is 0.326 e. The molecule has 0 aromatic heterocycles. The SMILES string of the molecule is Cc1c(Cl)cccc1NC(=O)[C@@H](NS(=O)(=O)c1ccc2c(c1)CCC(=O)N2)c1ccccc1. The van der Waals surface area contributed by atoms with Crippen LogP contribution in [0.1, 0.15) is 29.2 Å². The maximum atomic E-state index is 13.2. The first-order valence-corrected chi connectivity index (χ1v) is 12.2. The number of carbonyl (C=O) groups excluding carboxylic acids is 2. The highest BCUT2D eigenvalue weighted by molar-refractivity contribution is 7.89. The lowest BCUT2D eigenvalue weighted by atomic mass is 10.0. The van der Waals surface area contributed by atoms with Crippen molar-refractivity contribution in [2.24, 2.45) is 0 Å². The molecule has 7 nitrogen and oxygen atoms in total. The first-order valence-electron chi connectivity index (χ1n) is 10.3. The van der Waals surface area contributed by atoms with Crippen LogP contribution in [0.3, 0.4) is 0 Å². The summed E-state index contributed by atoms with van der Waals surface area (Å²) in [5, 5.41) is 6.00. The predicted octanol–water partition coefficient (Wildman–Crippen LogP) is 4.19. The normalized spacial score (nSPS) is 14.2. The van der Waals surface area contributed by atoms with Gasteiger partial charge in [0.15, 0.2) is 0 Å². The maximum absolute atomic E-state index is 13.2. The van der Waals surface area contributed by atoms with Gasteiger partial charge in [-0.05, 0) is 60.4 Å². The quantitative estimate of drug-likeness (QED) is 0.489. The Hall–Kier alpha value is -3.20. The van der Waals surface area contributed by atoms with E-state index in [1.54, 1.807) is 61.5 Å². The molecule has 1 aliphatic rings. The van der Waals surface area contributed by atoms with Crippen LogP contribution in [0.15, 0.2) is 71.6 Å². The standard InChI is InChI=1S/C24H22ClN3O4S/c1-15-19(25)8-5-9-20(15)27-24(30)23(16-6-3-2-4-7-16)28-33(31,32)18-11-12-21-17(14-18)10-13-22(29)26-21/h2-9,11-12,14,23,28H,10,13H2,1H3,(H,26,29)(H,27,30)/t23-/m0/s1. The summed E-state index contributed by atoms with van der Waals surface area (Å²) in [6.07, 6.45) is 0.735. The molecule has 3 aromatic carbocycles. The van der Waals surface area contributed by atoms with E-state index < -0.39 is 22.0 Å². The minimum atomic E-state index is -4.06. The highest BCUT2D eigenvalue weighted by atomic mass is 35.5. The molecule has 33 heavy (non-hydrogen) atoms. The summed E-state index contributed by atoms with van der Waals surface area (Å²) in [5.74, 6) is -0.645. The van der Waals surface area contributed by atoms with Crippen molar-refractivity contribution in [2.75, 3.05) is 10.6 Å². The van der Waals surface area contributed by atoms with E-state index in [2.05, 4.69) is 15.4 Å². The topological polar surface area (TPSA) is 104 Å². The number of carbonyl (C=O) groups is 2. The van der Waals surface area contributed by atoms with Gasteiger partial charge in [-0.3, -0.25) is 9.59 Å². The van der Waals surface area contributed by atoms with Crippen molar-refractivity contribution in [3.8, 4) is 0 Å². The molecule has 9 heteroatoms. The van der Waals surface area contributed by atoms with E-state index in [1.807, 2.05) is 0 Å². The zero-order chi connectivity index (χ0) is 23.6. The Bertz CT molecular complexity index is 1330. The molecule has 1 heterocycles. The van der Waals surface area contributed by atoms with Gasteiger partial charge in [-0.25, -0.2) is 8.42 Å².